The Morgan fingerprint density at radius 2 is 2.00 bits per heavy atom. The van der Waals surface area contributed by atoms with Crippen molar-refractivity contribution in [3.63, 3.8) is 0 Å². The summed E-state index contributed by atoms with van der Waals surface area (Å²) in [5.74, 6) is 0.482. The summed E-state index contributed by atoms with van der Waals surface area (Å²) in [5, 5.41) is 11.4. The highest BCUT2D eigenvalue weighted by Crippen LogP contribution is 2.25. The van der Waals surface area contributed by atoms with Crippen molar-refractivity contribution in [2.45, 2.75) is 0 Å². The van der Waals surface area contributed by atoms with Crippen LogP contribution in [0.3, 0.4) is 0 Å². The van der Waals surface area contributed by atoms with E-state index in [0.29, 0.717) is 16.3 Å². The monoisotopic (exact) mass is 323 g/mol. The second-order valence-electron chi connectivity index (χ2n) is 4.15. The van der Waals surface area contributed by atoms with Crippen molar-refractivity contribution in [1.29, 1.82) is 0 Å². The minimum absolute atomic E-state index is 0.222. The van der Waals surface area contributed by atoms with Crippen LogP contribution in [-0.2, 0) is 0 Å². The molecule has 22 heavy (non-hydrogen) atoms. The second-order valence-corrected chi connectivity index (χ2v) is 4.58. The van der Waals surface area contributed by atoms with Crippen LogP contribution >= 0.6 is 11.6 Å². The summed E-state index contributed by atoms with van der Waals surface area (Å²) in [7, 11) is 1.46. The lowest BCUT2D eigenvalue weighted by molar-refractivity contribution is -0.386. The molecule has 0 spiro atoms. The molecule has 0 saturated heterocycles. The number of nitro groups is 1. The van der Waals surface area contributed by atoms with Gasteiger partial charge in [0.25, 0.3) is 0 Å². The number of ether oxygens (including phenoxy) is 1. The minimum atomic E-state index is -1.08. The van der Waals surface area contributed by atoms with Crippen molar-refractivity contribution >= 4 is 29.4 Å². The van der Waals surface area contributed by atoms with Crippen LogP contribution in [0.15, 0.2) is 27.8 Å². The van der Waals surface area contributed by atoms with E-state index in [0.717, 1.165) is 0 Å². The number of nitrogens with one attached hydrogen (secondary N) is 2. The first-order valence-corrected chi connectivity index (χ1v) is 6.33. The second kappa shape index (κ2) is 6.27. The van der Waals surface area contributed by atoms with E-state index < -0.39 is 21.9 Å². The van der Waals surface area contributed by atoms with E-state index in [-0.39, 0.29) is 5.69 Å². The van der Waals surface area contributed by atoms with Gasteiger partial charge in [0, 0.05) is 10.6 Å². The average Bonchev–Trinajstić information content (AvgIpc) is 2.44. The summed E-state index contributed by atoms with van der Waals surface area (Å²) in [6.45, 7) is 0. The van der Waals surface area contributed by atoms with Gasteiger partial charge in [-0.15, -0.1) is 0 Å². The van der Waals surface area contributed by atoms with Crippen LogP contribution < -0.4 is 16.0 Å². The normalized spacial score (nSPS) is 10.8. The fourth-order valence-electron chi connectivity index (χ4n) is 1.81. The first kappa shape index (κ1) is 15.5. The van der Waals surface area contributed by atoms with Crippen LogP contribution in [0.25, 0.3) is 12.2 Å². The Bertz CT molecular complexity index is 869. The summed E-state index contributed by atoms with van der Waals surface area (Å²) in [6.07, 6.45) is 2.69. The molecule has 0 aliphatic heterocycles. The summed E-state index contributed by atoms with van der Waals surface area (Å²) in [5.41, 5.74) is -2.36. The molecule has 0 bridgehead atoms. The number of H-pyrrole nitrogens is 2. The molecule has 0 aliphatic carbocycles. The zero-order chi connectivity index (χ0) is 16.3. The third kappa shape index (κ3) is 3.23. The summed E-state index contributed by atoms with van der Waals surface area (Å²) < 4.78 is 5.13. The molecule has 1 aromatic heterocycles. The van der Waals surface area contributed by atoms with Crippen molar-refractivity contribution in [2.24, 2.45) is 0 Å². The van der Waals surface area contributed by atoms with Gasteiger partial charge in [0.2, 0.25) is 0 Å². The van der Waals surface area contributed by atoms with Crippen LogP contribution in [0.4, 0.5) is 5.69 Å². The smallest absolute Gasteiger partial charge is 0.357 e. The van der Waals surface area contributed by atoms with E-state index in [1.54, 1.807) is 23.2 Å². The maximum atomic E-state index is 11.5. The van der Waals surface area contributed by atoms with Crippen LogP contribution in [0.1, 0.15) is 11.3 Å². The number of hydrogen-bond donors (Lipinski definition) is 2. The van der Waals surface area contributed by atoms with Crippen LogP contribution in [-0.4, -0.2) is 22.0 Å². The molecule has 9 heteroatoms. The van der Waals surface area contributed by atoms with Crippen LogP contribution in [0.2, 0.25) is 5.02 Å². The van der Waals surface area contributed by atoms with Crippen molar-refractivity contribution < 1.29 is 9.66 Å². The molecule has 2 N–H and O–H groups in total. The van der Waals surface area contributed by atoms with Gasteiger partial charge in [0.05, 0.1) is 12.0 Å². The number of hydrogen-bond acceptors (Lipinski definition) is 5. The Morgan fingerprint density at radius 3 is 2.64 bits per heavy atom. The Hall–Kier alpha value is -2.87. The molecule has 8 nitrogen and oxygen atoms in total. The molecular weight excluding hydrogens is 314 g/mol. The molecule has 0 fully saturated rings. The lowest BCUT2D eigenvalue weighted by atomic mass is 10.1. The highest BCUT2D eigenvalue weighted by Gasteiger charge is 2.18. The highest BCUT2D eigenvalue weighted by atomic mass is 35.5. The fourth-order valence-corrected chi connectivity index (χ4v) is 1.99. The van der Waals surface area contributed by atoms with Crippen molar-refractivity contribution in [3.8, 4) is 5.75 Å². The molecule has 2 aromatic rings. The van der Waals surface area contributed by atoms with E-state index in [4.69, 9.17) is 16.3 Å². The van der Waals surface area contributed by atoms with E-state index in [1.807, 2.05) is 0 Å². The van der Waals surface area contributed by atoms with Crippen LogP contribution in [0.5, 0.6) is 5.75 Å². The zero-order valence-electron chi connectivity index (χ0n) is 11.3. The first-order chi connectivity index (χ1) is 10.4. The topological polar surface area (TPSA) is 118 Å². The molecule has 0 radical (unpaired) electrons. The predicted molar refractivity (Wildman–Crippen MR) is 81.3 cm³/mol. The van der Waals surface area contributed by atoms with Gasteiger partial charge >= 0.3 is 16.9 Å². The standard InChI is InChI=1S/C13H10ClN3O5/c1-22-10-5-3-8(14)6-7(10)2-4-9-11(17(20)21)12(18)16-13(19)15-9/h2-6H,1H3,(H2,15,16,18,19). The number of benzene rings is 1. The maximum absolute atomic E-state index is 11.5. The quantitative estimate of drug-likeness (QED) is 0.657. The molecule has 0 amide bonds. The largest absolute Gasteiger partial charge is 0.496 e. The Kier molecular flexibility index (Phi) is 4.42. The van der Waals surface area contributed by atoms with E-state index in [1.165, 1.54) is 19.3 Å². The van der Waals surface area contributed by atoms with Gasteiger partial charge in [-0.05, 0) is 30.4 Å². The van der Waals surface area contributed by atoms with Gasteiger partial charge in [0.15, 0.2) is 0 Å². The summed E-state index contributed by atoms with van der Waals surface area (Å²) in [4.78, 5) is 36.8. The molecule has 2 rings (SSSR count). The van der Waals surface area contributed by atoms with Crippen molar-refractivity contribution in [1.82, 2.24) is 9.97 Å². The lowest BCUT2D eigenvalue weighted by Gasteiger charge is -2.04. The molecule has 1 aromatic carbocycles. The Labute approximate surface area is 128 Å². The number of nitrogens with zero attached hydrogens (tertiary/aromatic N) is 1. The maximum Gasteiger partial charge on any atom is 0.357 e. The summed E-state index contributed by atoms with van der Waals surface area (Å²) >= 11 is 5.88. The highest BCUT2D eigenvalue weighted by molar-refractivity contribution is 6.30. The van der Waals surface area contributed by atoms with Crippen molar-refractivity contribution in [3.05, 3.63) is 65.4 Å². The predicted octanol–water partition coefficient (Wildman–Crippen LogP) is 1.80. The number of rotatable bonds is 4. The zero-order valence-corrected chi connectivity index (χ0v) is 12.0. The Balaban J connectivity index is 2.56. The molecule has 0 atom stereocenters. The van der Waals surface area contributed by atoms with E-state index in [9.17, 15) is 19.7 Å². The van der Waals surface area contributed by atoms with Gasteiger partial charge in [-0.2, -0.15) is 0 Å². The molecule has 0 unspecified atom stereocenters. The van der Waals surface area contributed by atoms with Gasteiger partial charge in [-0.1, -0.05) is 11.6 Å². The Morgan fingerprint density at radius 1 is 1.27 bits per heavy atom. The molecule has 114 valence electrons. The van der Waals surface area contributed by atoms with Gasteiger partial charge in [-0.3, -0.25) is 19.9 Å². The molecule has 0 aliphatic rings. The molecule has 0 saturated carbocycles. The van der Waals surface area contributed by atoms with Gasteiger partial charge < -0.3 is 9.72 Å². The van der Waals surface area contributed by atoms with E-state index >= 15 is 0 Å². The molecular formula is C13H10ClN3O5. The SMILES string of the molecule is COc1ccc(Cl)cc1C=Cc1[nH]c(=O)[nH]c(=O)c1[N+](=O)[O-]. The fraction of sp³-hybridized carbons (Fsp3) is 0.0769. The van der Waals surface area contributed by atoms with Gasteiger partial charge in [0.1, 0.15) is 11.4 Å². The average molecular weight is 324 g/mol. The van der Waals surface area contributed by atoms with E-state index in [2.05, 4.69) is 4.98 Å². The van der Waals surface area contributed by atoms with Crippen LogP contribution in [0, 0.1) is 10.1 Å². The van der Waals surface area contributed by atoms with Crippen molar-refractivity contribution in [2.75, 3.05) is 7.11 Å². The molecule has 1 heterocycles. The lowest BCUT2D eigenvalue weighted by Crippen LogP contribution is -2.25. The summed E-state index contributed by atoms with van der Waals surface area (Å²) in [6, 6.07) is 4.82. The number of aromatic nitrogens is 2. The number of aromatic amines is 2. The number of methoxy groups -OCH3 is 1. The minimum Gasteiger partial charge on any atom is -0.496 e. The number of halogens is 1. The first-order valence-electron chi connectivity index (χ1n) is 5.95. The third-order valence-electron chi connectivity index (χ3n) is 2.75. The van der Waals surface area contributed by atoms with Gasteiger partial charge in [-0.25, -0.2) is 4.79 Å². The third-order valence-corrected chi connectivity index (χ3v) is 2.98.